The quantitative estimate of drug-likeness (QED) is 0.788. The molecule has 0 bridgehead atoms. The highest BCUT2D eigenvalue weighted by atomic mass is 16.5. The molecule has 3 heteroatoms. The summed E-state index contributed by atoms with van der Waals surface area (Å²) in [6, 6.07) is 3.73. The van der Waals surface area contributed by atoms with Crippen molar-refractivity contribution in [2.45, 2.75) is 52.6 Å². The van der Waals surface area contributed by atoms with Crippen molar-refractivity contribution in [3.05, 3.63) is 30.1 Å². The van der Waals surface area contributed by atoms with E-state index < -0.39 is 0 Å². The van der Waals surface area contributed by atoms with Crippen molar-refractivity contribution in [1.29, 1.82) is 0 Å². The maximum absolute atomic E-state index is 12.1. The van der Waals surface area contributed by atoms with E-state index in [0.29, 0.717) is 24.2 Å². The summed E-state index contributed by atoms with van der Waals surface area (Å²) in [5.74, 6) is 1.72. The Morgan fingerprint density at radius 2 is 2.05 bits per heavy atom. The normalized spacial score (nSPS) is 26.5. The van der Waals surface area contributed by atoms with Crippen molar-refractivity contribution < 1.29 is 9.53 Å². The van der Waals surface area contributed by atoms with Gasteiger partial charge in [-0.25, -0.2) is 0 Å². The molecule has 0 aromatic carbocycles. The van der Waals surface area contributed by atoms with Gasteiger partial charge in [0.1, 0.15) is 6.10 Å². The van der Waals surface area contributed by atoms with Crippen LogP contribution in [0.4, 0.5) is 0 Å². The van der Waals surface area contributed by atoms with Gasteiger partial charge in [-0.3, -0.25) is 9.78 Å². The molecule has 3 nitrogen and oxygen atoms in total. The summed E-state index contributed by atoms with van der Waals surface area (Å²) in [7, 11) is 0. The van der Waals surface area contributed by atoms with Gasteiger partial charge in [0.2, 0.25) is 0 Å². The highest BCUT2D eigenvalue weighted by Crippen LogP contribution is 2.35. The summed E-state index contributed by atoms with van der Waals surface area (Å²) in [4.78, 5) is 16.0. The standard InChI is InChI=1S/C17H25NO2/c1-12(2)15-5-4-13(3)16(11-15)20-17(19)10-14-6-8-18-9-7-14/h6-9,12-13,15-16H,4-5,10-11H2,1-3H3/t13-,15+,16?/m0/s1. The van der Waals surface area contributed by atoms with Gasteiger partial charge in [0.05, 0.1) is 6.42 Å². The van der Waals surface area contributed by atoms with Crippen LogP contribution in [0.2, 0.25) is 0 Å². The van der Waals surface area contributed by atoms with E-state index >= 15 is 0 Å². The summed E-state index contributed by atoms with van der Waals surface area (Å²) < 4.78 is 5.73. The molecular formula is C17H25NO2. The molecule has 1 heterocycles. The van der Waals surface area contributed by atoms with Gasteiger partial charge >= 0.3 is 5.97 Å². The molecule has 0 radical (unpaired) electrons. The molecule has 0 N–H and O–H groups in total. The van der Waals surface area contributed by atoms with Crippen molar-refractivity contribution >= 4 is 5.97 Å². The number of esters is 1. The van der Waals surface area contributed by atoms with E-state index in [4.69, 9.17) is 4.74 Å². The number of ether oxygens (including phenoxy) is 1. The average molecular weight is 275 g/mol. The molecule has 1 aromatic rings. The van der Waals surface area contributed by atoms with Crippen LogP contribution in [0.3, 0.4) is 0 Å². The van der Waals surface area contributed by atoms with Gasteiger partial charge in [-0.2, -0.15) is 0 Å². The Morgan fingerprint density at radius 3 is 2.70 bits per heavy atom. The average Bonchev–Trinajstić information content (AvgIpc) is 2.42. The molecule has 1 aliphatic carbocycles. The van der Waals surface area contributed by atoms with Crippen molar-refractivity contribution in [3.63, 3.8) is 0 Å². The summed E-state index contributed by atoms with van der Waals surface area (Å²) in [5, 5.41) is 0. The van der Waals surface area contributed by atoms with E-state index in [0.717, 1.165) is 18.4 Å². The van der Waals surface area contributed by atoms with Gasteiger partial charge < -0.3 is 4.74 Å². The molecule has 110 valence electrons. The molecule has 1 aromatic heterocycles. The molecular weight excluding hydrogens is 250 g/mol. The van der Waals surface area contributed by atoms with E-state index in [9.17, 15) is 4.79 Å². The number of rotatable bonds is 4. The molecule has 0 spiro atoms. The minimum absolute atomic E-state index is 0.0884. The Labute approximate surface area is 121 Å². The fourth-order valence-electron chi connectivity index (χ4n) is 2.96. The van der Waals surface area contributed by atoms with E-state index in [1.165, 1.54) is 6.42 Å². The lowest BCUT2D eigenvalue weighted by Gasteiger charge is -2.35. The number of carbonyl (C=O) groups excluding carboxylic acids is 1. The fourth-order valence-corrected chi connectivity index (χ4v) is 2.96. The van der Waals surface area contributed by atoms with Crippen LogP contribution in [0.25, 0.3) is 0 Å². The van der Waals surface area contributed by atoms with Crippen molar-refractivity contribution in [2.24, 2.45) is 17.8 Å². The third-order valence-corrected chi connectivity index (χ3v) is 4.49. The first-order chi connectivity index (χ1) is 9.56. The molecule has 1 saturated carbocycles. The third kappa shape index (κ3) is 4.06. The van der Waals surface area contributed by atoms with Crippen molar-refractivity contribution in [1.82, 2.24) is 4.98 Å². The Bertz CT molecular complexity index is 430. The third-order valence-electron chi connectivity index (χ3n) is 4.49. The van der Waals surface area contributed by atoms with Crippen LogP contribution >= 0.6 is 0 Å². The highest BCUT2D eigenvalue weighted by molar-refractivity contribution is 5.72. The second kappa shape index (κ2) is 6.87. The van der Waals surface area contributed by atoms with E-state index in [2.05, 4.69) is 25.8 Å². The van der Waals surface area contributed by atoms with Crippen LogP contribution in [0.15, 0.2) is 24.5 Å². The first kappa shape index (κ1) is 15.0. The maximum atomic E-state index is 12.1. The Balaban J connectivity index is 1.89. The summed E-state index contributed by atoms with van der Waals surface area (Å²) in [6.07, 6.45) is 7.29. The summed E-state index contributed by atoms with van der Waals surface area (Å²) in [5.41, 5.74) is 0.967. The lowest BCUT2D eigenvalue weighted by atomic mass is 9.76. The number of hydrogen-bond donors (Lipinski definition) is 0. The molecule has 0 saturated heterocycles. The van der Waals surface area contributed by atoms with Crippen LogP contribution in [0, 0.1) is 17.8 Å². The lowest BCUT2D eigenvalue weighted by molar-refractivity contribution is -0.153. The van der Waals surface area contributed by atoms with Gasteiger partial charge in [-0.1, -0.05) is 20.8 Å². The molecule has 1 aliphatic rings. The number of carbonyl (C=O) groups is 1. The highest BCUT2D eigenvalue weighted by Gasteiger charge is 2.31. The molecule has 20 heavy (non-hydrogen) atoms. The summed E-state index contributed by atoms with van der Waals surface area (Å²) in [6.45, 7) is 6.72. The summed E-state index contributed by atoms with van der Waals surface area (Å²) >= 11 is 0. The predicted octanol–water partition coefficient (Wildman–Crippen LogP) is 3.63. The van der Waals surface area contributed by atoms with Crippen LogP contribution in [-0.2, 0) is 16.0 Å². The first-order valence-corrected chi connectivity index (χ1v) is 7.64. The molecule has 0 aliphatic heterocycles. The van der Waals surface area contributed by atoms with Crippen LogP contribution in [0.1, 0.15) is 45.6 Å². The van der Waals surface area contributed by atoms with E-state index in [-0.39, 0.29) is 12.1 Å². The lowest BCUT2D eigenvalue weighted by Crippen LogP contribution is -2.34. The Morgan fingerprint density at radius 1 is 1.35 bits per heavy atom. The number of hydrogen-bond acceptors (Lipinski definition) is 3. The number of aromatic nitrogens is 1. The van der Waals surface area contributed by atoms with Gasteiger partial charge in [0, 0.05) is 12.4 Å². The molecule has 1 fully saturated rings. The minimum atomic E-state index is -0.113. The first-order valence-electron chi connectivity index (χ1n) is 7.64. The zero-order valence-corrected chi connectivity index (χ0v) is 12.7. The Kier molecular flexibility index (Phi) is 5.16. The second-order valence-corrected chi connectivity index (χ2v) is 6.35. The van der Waals surface area contributed by atoms with Crippen molar-refractivity contribution in [2.75, 3.05) is 0 Å². The Hall–Kier alpha value is -1.38. The van der Waals surface area contributed by atoms with Gasteiger partial charge in [0.25, 0.3) is 0 Å². The van der Waals surface area contributed by atoms with Crippen LogP contribution in [-0.4, -0.2) is 17.1 Å². The molecule has 1 unspecified atom stereocenters. The largest absolute Gasteiger partial charge is 0.462 e. The topological polar surface area (TPSA) is 39.2 Å². The monoisotopic (exact) mass is 275 g/mol. The second-order valence-electron chi connectivity index (χ2n) is 6.35. The SMILES string of the molecule is CC(C)[C@@H]1CC[C@H](C)C(OC(=O)Cc2ccncc2)C1. The van der Waals surface area contributed by atoms with Gasteiger partial charge in [-0.05, 0) is 54.7 Å². The zero-order chi connectivity index (χ0) is 14.5. The molecule has 0 amide bonds. The smallest absolute Gasteiger partial charge is 0.310 e. The number of pyridine rings is 1. The zero-order valence-electron chi connectivity index (χ0n) is 12.7. The number of nitrogens with zero attached hydrogens (tertiary/aromatic N) is 1. The van der Waals surface area contributed by atoms with Gasteiger partial charge in [0.15, 0.2) is 0 Å². The van der Waals surface area contributed by atoms with Crippen LogP contribution in [0.5, 0.6) is 0 Å². The van der Waals surface area contributed by atoms with E-state index in [1.54, 1.807) is 12.4 Å². The van der Waals surface area contributed by atoms with Gasteiger partial charge in [-0.15, -0.1) is 0 Å². The van der Waals surface area contributed by atoms with E-state index in [1.807, 2.05) is 12.1 Å². The molecule has 3 atom stereocenters. The fraction of sp³-hybridized carbons (Fsp3) is 0.647. The maximum Gasteiger partial charge on any atom is 0.310 e. The predicted molar refractivity (Wildman–Crippen MR) is 79.2 cm³/mol. The molecule has 2 rings (SSSR count). The van der Waals surface area contributed by atoms with Crippen LogP contribution < -0.4 is 0 Å². The van der Waals surface area contributed by atoms with Crippen molar-refractivity contribution in [3.8, 4) is 0 Å². The minimum Gasteiger partial charge on any atom is -0.462 e.